The van der Waals surface area contributed by atoms with E-state index in [1.165, 1.54) is 30.3 Å². The molecule has 0 fully saturated rings. The van der Waals surface area contributed by atoms with Gasteiger partial charge in [-0.2, -0.15) is 13.2 Å². The molecule has 0 heterocycles. The highest BCUT2D eigenvalue weighted by atomic mass is 35.5. The predicted octanol–water partition coefficient (Wildman–Crippen LogP) is 5.70. The minimum Gasteiger partial charge on any atom is -0.379 e. The van der Waals surface area contributed by atoms with Crippen LogP contribution in [-0.2, 0) is 6.54 Å². The van der Waals surface area contributed by atoms with E-state index in [1.54, 1.807) is 12.1 Å². The van der Waals surface area contributed by atoms with Crippen LogP contribution in [0.25, 0.3) is 0 Å². The Bertz CT molecular complexity index is 613. The fourth-order valence-corrected chi connectivity index (χ4v) is 2.35. The fourth-order valence-electron chi connectivity index (χ4n) is 1.64. The molecule has 7 heteroatoms. The van der Waals surface area contributed by atoms with Gasteiger partial charge in [0.1, 0.15) is 5.82 Å². The molecule has 0 spiro atoms. The van der Waals surface area contributed by atoms with Crippen LogP contribution in [0.1, 0.15) is 5.56 Å². The highest BCUT2D eigenvalue weighted by Crippen LogP contribution is 2.36. The van der Waals surface area contributed by atoms with Gasteiger partial charge in [-0.05, 0) is 47.7 Å². The third-order valence-electron chi connectivity index (χ3n) is 2.57. The standard InChI is InChI=1S/C14H10ClF4NS/c15-10-3-6-12(16)13(7-10)20-8-9-1-4-11(5-2-9)21-14(17,18)19/h1-7,20H,8H2. The van der Waals surface area contributed by atoms with Gasteiger partial charge in [-0.1, -0.05) is 23.7 Å². The number of rotatable bonds is 4. The van der Waals surface area contributed by atoms with Crippen molar-refractivity contribution in [3.63, 3.8) is 0 Å². The summed E-state index contributed by atoms with van der Waals surface area (Å²) in [6.45, 7) is 0.286. The maximum Gasteiger partial charge on any atom is 0.446 e. The number of alkyl halides is 3. The monoisotopic (exact) mass is 335 g/mol. The van der Waals surface area contributed by atoms with Crippen molar-refractivity contribution in [1.82, 2.24) is 0 Å². The lowest BCUT2D eigenvalue weighted by atomic mass is 10.2. The van der Waals surface area contributed by atoms with E-state index in [4.69, 9.17) is 11.6 Å². The average Bonchev–Trinajstić information content (AvgIpc) is 2.40. The van der Waals surface area contributed by atoms with E-state index in [2.05, 4.69) is 5.32 Å². The van der Waals surface area contributed by atoms with Crippen LogP contribution in [0.15, 0.2) is 47.4 Å². The zero-order valence-electron chi connectivity index (χ0n) is 10.5. The van der Waals surface area contributed by atoms with Crippen LogP contribution in [0, 0.1) is 5.82 Å². The molecule has 0 unspecified atom stereocenters. The van der Waals surface area contributed by atoms with Crippen LogP contribution < -0.4 is 5.32 Å². The van der Waals surface area contributed by atoms with Gasteiger partial charge >= 0.3 is 5.51 Å². The van der Waals surface area contributed by atoms with Gasteiger partial charge < -0.3 is 5.32 Å². The molecule has 0 aliphatic heterocycles. The second kappa shape index (κ2) is 6.58. The molecular weight excluding hydrogens is 326 g/mol. The lowest BCUT2D eigenvalue weighted by Crippen LogP contribution is -2.02. The van der Waals surface area contributed by atoms with Crippen LogP contribution in [0.2, 0.25) is 5.02 Å². The molecule has 1 N–H and O–H groups in total. The zero-order chi connectivity index (χ0) is 15.5. The number of anilines is 1. The van der Waals surface area contributed by atoms with Gasteiger partial charge in [0, 0.05) is 16.5 Å². The molecule has 0 radical (unpaired) electrons. The number of hydrogen-bond donors (Lipinski definition) is 1. The van der Waals surface area contributed by atoms with Gasteiger partial charge in [0.05, 0.1) is 5.69 Å². The molecule has 0 bridgehead atoms. The van der Waals surface area contributed by atoms with E-state index in [9.17, 15) is 17.6 Å². The molecule has 2 aromatic carbocycles. The first-order chi connectivity index (χ1) is 9.83. The lowest BCUT2D eigenvalue weighted by molar-refractivity contribution is -0.0328. The summed E-state index contributed by atoms with van der Waals surface area (Å²) < 4.78 is 50.0. The highest BCUT2D eigenvalue weighted by Gasteiger charge is 2.28. The molecule has 0 atom stereocenters. The Morgan fingerprint density at radius 3 is 2.33 bits per heavy atom. The Balaban J connectivity index is 1.99. The minimum absolute atomic E-state index is 0.111. The van der Waals surface area contributed by atoms with Crippen molar-refractivity contribution in [1.29, 1.82) is 0 Å². The Kier molecular flexibility index (Phi) is 5.00. The molecule has 2 rings (SSSR count). The summed E-state index contributed by atoms with van der Waals surface area (Å²) >= 11 is 5.60. The van der Waals surface area contributed by atoms with E-state index < -0.39 is 11.3 Å². The molecule has 0 aromatic heterocycles. The maximum absolute atomic E-state index is 13.5. The SMILES string of the molecule is Fc1ccc(Cl)cc1NCc1ccc(SC(F)(F)F)cc1. The lowest BCUT2D eigenvalue weighted by Gasteiger charge is -2.09. The largest absolute Gasteiger partial charge is 0.446 e. The third kappa shape index (κ3) is 5.13. The number of hydrogen-bond acceptors (Lipinski definition) is 2. The number of thioether (sulfide) groups is 1. The van der Waals surface area contributed by atoms with Gasteiger partial charge in [-0.15, -0.1) is 0 Å². The second-order valence-corrected chi connectivity index (χ2v) is 5.74. The summed E-state index contributed by atoms with van der Waals surface area (Å²) in [4.78, 5) is 0.111. The van der Waals surface area contributed by atoms with Gasteiger partial charge in [0.15, 0.2) is 0 Å². The summed E-state index contributed by atoms with van der Waals surface area (Å²) in [5.41, 5.74) is -3.32. The first-order valence-corrected chi connectivity index (χ1v) is 7.06. The summed E-state index contributed by atoms with van der Waals surface area (Å²) in [5, 5.41) is 3.25. The van der Waals surface area contributed by atoms with Crippen LogP contribution in [0.3, 0.4) is 0 Å². The topological polar surface area (TPSA) is 12.0 Å². The van der Waals surface area contributed by atoms with E-state index in [-0.39, 0.29) is 28.9 Å². The van der Waals surface area contributed by atoms with Crippen LogP contribution in [0.5, 0.6) is 0 Å². The van der Waals surface area contributed by atoms with Gasteiger partial charge in [0.25, 0.3) is 0 Å². The molecule has 0 amide bonds. The minimum atomic E-state index is -4.30. The molecule has 0 saturated heterocycles. The second-order valence-electron chi connectivity index (χ2n) is 4.17. The number of nitrogens with one attached hydrogen (secondary N) is 1. The summed E-state index contributed by atoms with van der Waals surface area (Å²) in [6, 6.07) is 10.0. The van der Waals surface area contributed by atoms with Gasteiger partial charge in [-0.25, -0.2) is 4.39 Å². The molecule has 0 aliphatic rings. The molecule has 2 aromatic rings. The molecule has 0 aliphatic carbocycles. The van der Waals surface area contributed by atoms with E-state index >= 15 is 0 Å². The Hall–Kier alpha value is -1.40. The van der Waals surface area contributed by atoms with Crippen LogP contribution in [-0.4, -0.2) is 5.51 Å². The quantitative estimate of drug-likeness (QED) is 0.568. The smallest absolute Gasteiger partial charge is 0.379 e. The van der Waals surface area contributed by atoms with Crippen molar-refractivity contribution < 1.29 is 17.6 Å². The van der Waals surface area contributed by atoms with Crippen molar-refractivity contribution in [2.24, 2.45) is 0 Å². The maximum atomic E-state index is 13.5. The molecular formula is C14H10ClF4NS. The molecule has 112 valence electrons. The summed E-state index contributed by atoms with van der Waals surface area (Å²) in [6.07, 6.45) is 0. The normalized spacial score (nSPS) is 11.5. The molecule has 21 heavy (non-hydrogen) atoms. The fraction of sp³-hybridized carbons (Fsp3) is 0.143. The van der Waals surface area contributed by atoms with Gasteiger partial charge in [0.2, 0.25) is 0 Å². The van der Waals surface area contributed by atoms with Gasteiger partial charge in [-0.3, -0.25) is 0 Å². The van der Waals surface area contributed by atoms with Crippen molar-refractivity contribution >= 4 is 29.1 Å². The van der Waals surface area contributed by atoms with Crippen LogP contribution >= 0.6 is 23.4 Å². The highest BCUT2D eigenvalue weighted by molar-refractivity contribution is 8.00. The molecule has 1 nitrogen and oxygen atoms in total. The van der Waals surface area contributed by atoms with Crippen LogP contribution in [0.4, 0.5) is 23.2 Å². The number of halogens is 5. The Morgan fingerprint density at radius 2 is 1.71 bits per heavy atom. The third-order valence-corrected chi connectivity index (χ3v) is 3.54. The summed E-state index contributed by atoms with van der Waals surface area (Å²) in [5.74, 6) is -0.441. The molecule has 0 saturated carbocycles. The Labute approximate surface area is 128 Å². The van der Waals surface area contributed by atoms with Crippen molar-refractivity contribution in [3.05, 3.63) is 58.9 Å². The van der Waals surface area contributed by atoms with Crippen molar-refractivity contribution in [2.45, 2.75) is 16.9 Å². The van der Waals surface area contributed by atoms with E-state index in [0.717, 1.165) is 5.56 Å². The van der Waals surface area contributed by atoms with E-state index in [1.807, 2.05) is 0 Å². The van der Waals surface area contributed by atoms with Crippen molar-refractivity contribution in [3.8, 4) is 0 Å². The first kappa shape index (κ1) is 16.0. The first-order valence-electron chi connectivity index (χ1n) is 5.87. The Morgan fingerprint density at radius 1 is 1.05 bits per heavy atom. The predicted molar refractivity (Wildman–Crippen MR) is 77.1 cm³/mol. The van der Waals surface area contributed by atoms with E-state index in [0.29, 0.717) is 5.02 Å². The number of benzene rings is 2. The average molecular weight is 336 g/mol. The summed E-state index contributed by atoms with van der Waals surface area (Å²) in [7, 11) is 0. The zero-order valence-corrected chi connectivity index (χ0v) is 12.1. The van der Waals surface area contributed by atoms with Crippen molar-refractivity contribution in [2.75, 3.05) is 5.32 Å².